The third-order valence-corrected chi connectivity index (χ3v) is 6.50. The lowest BCUT2D eigenvalue weighted by molar-refractivity contribution is 0.0942. The number of amides is 1. The molecule has 1 aliphatic heterocycles. The van der Waals surface area contributed by atoms with Gasteiger partial charge in [0.15, 0.2) is 9.84 Å². The van der Waals surface area contributed by atoms with Crippen LogP contribution in [0.3, 0.4) is 0 Å². The molecule has 1 atom stereocenters. The molecule has 1 saturated heterocycles. The van der Waals surface area contributed by atoms with Crippen LogP contribution in [0.2, 0.25) is 0 Å². The molecule has 3 rings (SSSR count). The summed E-state index contributed by atoms with van der Waals surface area (Å²) in [7, 11) is -3.02. The van der Waals surface area contributed by atoms with Crippen LogP contribution in [0.25, 0.3) is 10.1 Å². The molecule has 1 fully saturated rings. The van der Waals surface area contributed by atoms with E-state index in [-0.39, 0.29) is 23.5 Å². The third-order valence-electron chi connectivity index (χ3n) is 3.56. The number of anilines is 1. The van der Waals surface area contributed by atoms with Gasteiger partial charge in [0, 0.05) is 16.4 Å². The normalized spacial score (nSPS) is 21.2. The molecule has 3 N–H and O–H groups in total. The molecule has 2 aromatic rings. The summed E-state index contributed by atoms with van der Waals surface area (Å²) in [5, 5.41) is 3.76. The number of nitrogens with one attached hydrogen (secondary N) is 1. The number of nitrogen functional groups attached to an aromatic ring is 1. The second-order valence-electron chi connectivity index (χ2n) is 5.33. The van der Waals surface area contributed by atoms with E-state index in [1.807, 2.05) is 12.1 Å². The number of carbonyl (C=O) groups excluding carboxylic acids is 1. The molecule has 0 aliphatic carbocycles. The standard InChI is InChI=1S/C14H16N2O3S2/c15-10-3-4-12-9(6-10)7-13(20-12)14(17)16-11-2-1-5-21(18,19)8-11/h3-4,6-7,11H,1-2,5,8,15H2,(H,16,17). The molecule has 0 spiro atoms. The Morgan fingerprint density at radius 2 is 2.14 bits per heavy atom. The first-order valence-corrected chi connectivity index (χ1v) is 9.37. The molecule has 0 radical (unpaired) electrons. The van der Waals surface area contributed by atoms with Crippen LogP contribution in [-0.4, -0.2) is 31.9 Å². The van der Waals surface area contributed by atoms with Gasteiger partial charge in [0.05, 0.1) is 16.4 Å². The van der Waals surface area contributed by atoms with Gasteiger partial charge in [-0.05, 0) is 42.5 Å². The third kappa shape index (κ3) is 3.19. The number of hydrogen-bond donors (Lipinski definition) is 2. The number of thiophene rings is 1. The molecule has 5 nitrogen and oxygen atoms in total. The summed E-state index contributed by atoms with van der Waals surface area (Å²) in [5.41, 5.74) is 6.38. The van der Waals surface area contributed by atoms with Gasteiger partial charge in [0.1, 0.15) is 0 Å². The molecular weight excluding hydrogens is 308 g/mol. The lowest BCUT2D eigenvalue weighted by Crippen LogP contribution is -2.42. The van der Waals surface area contributed by atoms with Crippen LogP contribution in [0.5, 0.6) is 0 Å². The zero-order valence-electron chi connectivity index (χ0n) is 11.3. The van der Waals surface area contributed by atoms with Gasteiger partial charge in [-0.25, -0.2) is 8.42 Å². The molecule has 1 unspecified atom stereocenters. The van der Waals surface area contributed by atoms with Crippen molar-refractivity contribution >= 4 is 42.9 Å². The summed E-state index contributed by atoms with van der Waals surface area (Å²) < 4.78 is 24.2. The molecule has 1 amide bonds. The van der Waals surface area contributed by atoms with E-state index in [0.717, 1.165) is 10.1 Å². The molecule has 21 heavy (non-hydrogen) atoms. The maximum atomic E-state index is 12.3. The highest BCUT2D eigenvalue weighted by Gasteiger charge is 2.26. The minimum absolute atomic E-state index is 0.0383. The number of hydrogen-bond acceptors (Lipinski definition) is 5. The van der Waals surface area contributed by atoms with Crippen molar-refractivity contribution in [2.75, 3.05) is 17.2 Å². The summed E-state index contributed by atoms with van der Waals surface area (Å²) in [4.78, 5) is 12.8. The van der Waals surface area contributed by atoms with Crippen molar-refractivity contribution in [1.29, 1.82) is 0 Å². The highest BCUT2D eigenvalue weighted by atomic mass is 32.2. The minimum Gasteiger partial charge on any atom is -0.399 e. The fourth-order valence-electron chi connectivity index (χ4n) is 2.57. The summed E-state index contributed by atoms with van der Waals surface area (Å²) in [6.45, 7) is 0. The Bertz CT molecular complexity index is 796. The zero-order chi connectivity index (χ0) is 15.0. The smallest absolute Gasteiger partial charge is 0.261 e. The lowest BCUT2D eigenvalue weighted by Gasteiger charge is -2.22. The van der Waals surface area contributed by atoms with Crippen LogP contribution in [0.1, 0.15) is 22.5 Å². The highest BCUT2D eigenvalue weighted by molar-refractivity contribution is 7.91. The van der Waals surface area contributed by atoms with Crippen molar-refractivity contribution in [1.82, 2.24) is 5.32 Å². The SMILES string of the molecule is Nc1ccc2sc(C(=O)NC3CCCS(=O)(=O)C3)cc2c1. The molecule has 1 aromatic heterocycles. The van der Waals surface area contributed by atoms with E-state index in [2.05, 4.69) is 5.32 Å². The van der Waals surface area contributed by atoms with Gasteiger partial charge >= 0.3 is 0 Å². The summed E-state index contributed by atoms with van der Waals surface area (Å²) in [6.07, 6.45) is 1.32. The predicted octanol–water partition coefficient (Wildman–Crippen LogP) is 1.79. The fourth-order valence-corrected chi connectivity index (χ4v) is 5.15. The Kier molecular flexibility index (Phi) is 3.62. The van der Waals surface area contributed by atoms with Gasteiger partial charge in [-0.2, -0.15) is 0 Å². The molecule has 1 aromatic carbocycles. The lowest BCUT2D eigenvalue weighted by atomic mass is 10.2. The van der Waals surface area contributed by atoms with Crippen LogP contribution < -0.4 is 11.1 Å². The monoisotopic (exact) mass is 324 g/mol. The second-order valence-corrected chi connectivity index (χ2v) is 8.65. The average Bonchev–Trinajstić information content (AvgIpc) is 2.80. The van der Waals surface area contributed by atoms with Gasteiger partial charge in [0.2, 0.25) is 0 Å². The second kappa shape index (κ2) is 5.31. The quantitative estimate of drug-likeness (QED) is 0.824. The van der Waals surface area contributed by atoms with E-state index < -0.39 is 9.84 Å². The summed E-state index contributed by atoms with van der Waals surface area (Å²) in [6, 6.07) is 7.02. The first-order chi connectivity index (χ1) is 9.93. The van der Waals surface area contributed by atoms with Gasteiger partial charge in [0.25, 0.3) is 5.91 Å². The maximum absolute atomic E-state index is 12.3. The first kappa shape index (κ1) is 14.3. The van der Waals surface area contributed by atoms with Crippen molar-refractivity contribution in [2.45, 2.75) is 18.9 Å². The number of benzene rings is 1. The van der Waals surface area contributed by atoms with Crippen molar-refractivity contribution < 1.29 is 13.2 Å². The first-order valence-electron chi connectivity index (χ1n) is 6.73. The van der Waals surface area contributed by atoms with Crippen LogP contribution in [0.4, 0.5) is 5.69 Å². The average molecular weight is 324 g/mol. The molecule has 0 bridgehead atoms. The highest BCUT2D eigenvalue weighted by Crippen LogP contribution is 2.27. The molecule has 7 heteroatoms. The van der Waals surface area contributed by atoms with E-state index >= 15 is 0 Å². The Morgan fingerprint density at radius 1 is 1.33 bits per heavy atom. The van der Waals surface area contributed by atoms with Crippen molar-refractivity contribution in [3.63, 3.8) is 0 Å². The maximum Gasteiger partial charge on any atom is 0.261 e. The number of carbonyl (C=O) groups is 1. The summed E-state index contributed by atoms with van der Waals surface area (Å²) in [5.74, 6) is 0.0508. The van der Waals surface area contributed by atoms with Crippen LogP contribution in [-0.2, 0) is 9.84 Å². The fraction of sp³-hybridized carbons (Fsp3) is 0.357. The molecule has 112 valence electrons. The van der Waals surface area contributed by atoms with Crippen LogP contribution >= 0.6 is 11.3 Å². The van der Waals surface area contributed by atoms with Crippen LogP contribution in [0, 0.1) is 0 Å². The molecular formula is C14H16N2O3S2. The van der Waals surface area contributed by atoms with Gasteiger partial charge < -0.3 is 11.1 Å². The Hall–Kier alpha value is -1.60. The van der Waals surface area contributed by atoms with Crippen LogP contribution in [0.15, 0.2) is 24.3 Å². The topological polar surface area (TPSA) is 89.3 Å². The molecule has 2 heterocycles. The number of fused-ring (bicyclic) bond motifs is 1. The van der Waals surface area contributed by atoms with Crippen molar-refractivity contribution in [3.05, 3.63) is 29.1 Å². The largest absolute Gasteiger partial charge is 0.399 e. The number of sulfone groups is 1. The van der Waals surface area contributed by atoms with Crippen molar-refractivity contribution in [3.8, 4) is 0 Å². The number of nitrogens with two attached hydrogens (primary N) is 1. The van der Waals surface area contributed by atoms with E-state index in [1.165, 1.54) is 11.3 Å². The molecule has 1 aliphatic rings. The Labute approximate surface area is 127 Å². The van der Waals surface area contributed by atoms with Crippen molar-refractivity contribution in [2.24, 2.45) is 0 Å². The van der Waals surface area contributed by atoms with Gasteiger partial charge in [-0.15, -0.1) is 11.3 Å². The Balaban J connectivity index is 1.77. The predicted molar refractivity (Wildman–Crippen MR) is 85.4 cm³/mol. The molecule has 0 saturated carbocycles. The number of rotatable bonds is 2. The summed E-state index contributed by atoms with van der Waals surface area (Å²) >= 11 is 1.39. The zero-order valence-corrected chi connectivity index (χ0v) is 13.0. The van der Waals surface area contributed by atoms with E-state index in [9.17, 15) is 13.2 Å². The van der Waals surface area contributed by atoms with Gasteiger partial charge in [-0.1, -0.05) is 0 Å². The Morgan fingerprint density at radius 3 is 2.90 bits per heavy atom. The van der Waals surface area contributed by atoms with E-state index in [1.54, 1.807) is 12.1 Å². The van der Waals surface area contributed by atoms with E-state index in [0.29, 0.717) is 23.4 Å². The van der Waals surface area contributed by atoms with Gasteiger partial charge in [-0.3, -0.25) is 4.79 Å². The minimum atomic E-state index is -3.02. The van der Waals surface area contributed by atoms with E-state index in [4.69, 9.17) is 5.73 Å².